The zero-order valence-electron chi connectivity index (χ0n) is 10.4. The van der Waals surface area contributed by atoms with E-state index in [-0.39, 0.29) is 5.91 Å². The molecule has 0 saturated heterocycles. The number of hydrogen-bond donors (Lipinski definition) is 3. The van der Waals surface area contributed by atoms with E-state index in [0.717, 1.165) is 0 Å². The van der Waals surface area contributed by atoms with E-state index in [2.05, 4.69) is 15.4 Å². The summed E-state index contributed by atoms with van der Waals surface area (Å²) >= 11 is 0. The summed E-state index contributed by atoms with van der Waals surface area (Å²) in [5.74, 6) is -0.257. The van der Waals surface area contributed by atoms with Gasteiger partial charge in [-0.2, -0.15) is 0 Å². The second-order valence-electron chi connectivity index (χ2n) is 3.70. The average Bonchev–Trinajstić information content (AvgIpc) is 2.37. The molecule has 98 valence electrons. The van der Waals surface area contributed by atoms with Crippen LogP contribution in [-0.2, 0) is 9.53 Å². The molecule has 0 spiro atoms. The van der Waals surface area contributed by atoms with Crippen molar-refractivity contribution in [3.8, 4) is 0 Å². The number of ether oxygens (including phenoxy) is 1. The van der Waals surface area contributed by atoms with Crippen LogP contribution in [0.5, 0.6) is 0 Å². The van der Waals surface area contributed by atoms with Crippen LogP contribution in [0.15, 0.2) is 24.3 Å². The number of amides is 2. The van der Waals surface area contributed by atoms with Gasteiger partial charge in [-0.1, -0.05) is 13.0 Å². The van der Waals surface area contributed by atoms with Crippen molar-refractivity contribution in [2.24, 2.45) is 5.73 Å². The van der Waals surface area contributed by atoms with Crippen LogP contribution in [0.25, 0.3) is 0 Å². The van der Waals surface area contributed by atoms with Gasteiger partial charge in [0.2, 0.25) is 5.91 Å². The summed E-state index contributed by atoms with van der Waals surface area (Å²) in [5.41, 5.74) is 6.70. The fourth-order valence-corrected chi connectivity index (χ4v) is 1.26. The lowest BCUT2D eigenvalue weighted by Gasteiger charge is -2.11. The van der Waals surface area contributed by atoms with Crippen molar-refractivity contribution < 1.29 is 14.3 Å². The summed E-state index contributed by atoms with van der Waals surface area (Å²) in [4.78, 5) is 22.6. The highest BCUT2D eigenvalue weighted by Gasteiger charge is 2.11. The van der Waals surface area contributed by atoms with Crippen molar-refractivity contribution >= 4 is 23.4 Å². The third kappa shape index (κ3) is 4.06. The Balaban J connectivity index is 2.70. The molecule has 6 nitrogen and oxygen atoms in total. The van der Waals surface area contributed by atoms with Crippen LogP contribution in [0, 0.1) is 0 Å². The van der Waals surface area contributed by atoms with Crippen molar-refractivity contribution in [3.05, 3.63) is 24.3 Å². The molecule has 0 fully saturated rings. The number of hydrogen-bond acceptors (Lipinski definition) is 4. The van der Waals surface area contributed by atoms with Gasteiger partial charge in [0.15, 0.2) is 0 Å². The molecule has 4 N–H and O–H groups in total. The molecule has 1 atom stereocenters. The van der Waals surface area contributed by atoms with Gasteiger partial charge in [0.05, 0.1) is 13.2 Å². The molecule has 2 amide bonds. The Morgan fingerprint density at radius 1 is 1.33 bits per heavy atom. The van der Waals surface area contributed by atoms with Crippen LogP contribution in [-0.4, -0.2) is 25.2 Å². The summed E-state index contributed by atoms with van der Waals surface area (Å²) in [6.45, 7) is 1.83. The first kappa shape index (κ1) is 14.0. The van der Waals surface area contributed by atoms with E-state index in [9.17, 15) is 9.59 Å². The first-order valence-electron chi connectivity index (χ1n) is 5.58. The van der Waals surface area contributed by atoms with Crippen molar-refractivity contribution in [2.45, 2.75) is 19.4 Å². The molecule has 0 bridgehead atoms. The minimum Gasteiger partial charge on any atom is -0.453 e. The number of methoxy groups -OCH3 is 1. The Morgan fingerprint density at radius 3 is 2.50 bits per heavy atom. The number of nitrogens with two attached hydrogens (primary N) is 1. The Kier molecular flexibility index (Phi) is 5.13. The van der Waals surface area contributed by atoms with Crippen LogP contribution >= 0.6 is 0 Å². The first-order valence-corrected chi connectivity index (χ1v) is 5.58. The van der Waals surface area contributed by atoms with E-state index in [0.29, 0.717) is 17.8 Å². The molecule has 1 aromatic carbocycles. The maximum absolute atomic E-state index is 11.6. The lowest BCUT2D eigenvalue weighted by molar-refractivity contribution is -0.117. The molecule has 0 aliphatic carbocycles. The lowest BCUT2D eigenvalue weighted by Crippen LogP contribution is -2.34. The Hall–Kier alpha value is -2.08. The molecule has 0 aliphatic rings. The molecule has 0 unspecified atom stereocenters. The van der Waals surface area contributed by atoms with E-state index in [4.69, 9.17) is 5.73 Å². The molecule has 0 saturated carbocycles. The number of rotatable bonds is 4. The number of carbonyl (C=O) groups is 2. The molecule has 1 rings (SSSR count). The highest BCUT2D eigenvalue weighted by molar-refractivity contribution is 5.95. The summed E-state index contributed by atoms with van der Waals surface area (Å²) in [7, 11) is 1.28. The predicted molar refractivity (Wildman–Crippen MR) is 69.4 cm³/mol. The molecule has 0 heterocycles. The summed E-state index contributed by atoms with van der Waals surface area (Å²) in [6.07, 6.45) is -0.00454. The van der Waals surface area contributed by atoms with Crippen LogP contribution in [0.1, 0.15) is 13.3 Å². The van der Waals surface area contributed by atoms with Crippen LogP contribution < -0.4 is 16.4 Å². The Morgan fingerprint density at radius 2 is 1.94 bits per heavy atom. The zero-order chi connectivity index (χ0) is 13.5. The van der Waals surface area contributed by atoms with Gasteiger partial charge >= 0.3 is 6.09 Å². The highest BCUT2D eigenvalue weighted by atomic mass is 16.5. The van der Waals surface area contributed by atoms with Gasteiger partial charge in [-0.15, -0.1) is 0 Å². The van der Waals surface area contributed by atoms with Gasteiger partial charge in [0.1, 0.15) is 0 Å². The molecule has 6 heteroatoms. The molecule has 0 aromatic heterocycles. The van der Waals surface area contributed by atoms with E-state index in [1.807, 2.05) is 6.92 Å². The third-order valence-electron chi connectivity index (χ3n) is 2.34. The second kappa shape index (κ2) is 6.61. The average molecular weight is 251 g/mol. The monoisotopic (exact) mass is 251 g/mol. The number of benzene rings is 1. The molecular weight excluding hydrogens is 234 g/mol. The largest absolute Gasteiger partial charge is 0.453 e. The quantitative estimate of drug-likeness (QED) is 0.756. The minimum atomic E-state index is -0.566. The van der Waals surface area contributed by atoms with Gasteiger partial charge in [-0.05, 0) is 24.6 Å². The summed E-state index contributed by atoms with van der Waals surface area (Å²) < 4.78 is 4.47. The molecular formula is C12H17N3O3. The Bertz CT molecular complexity index is 434. The number of nitrogens with one attached hydrogen (secondary N) is 2. The fraction of sp³-hybridized carbons (Fsp3) is 0.333. The SMILES string of the molecule is CC[C@H](N)C(=O)Nc1cccc(NC(=O)OC)c1. The summed E-state index contributed by atoms with van der Waals surface area (Å²) in [5, 5.41) is 5.17. The van der Waals surface area contributed by atoms with Gasteiger partial charge < -0.3 is 15.8 Å². The van der Waals surface area contributed by atoms with Gasteiger partial charge in [-0.3, -0.25) is 10.1 Å². The van der Waals surface area contributed by atoms with Crippen molar-refractivity contribution in [1.29, 1.82) is 0 Å². The minimum absolute atomic E-state index is 0.257. The lowest BCUT2D eigenvalue weighted by atomic mass is 10.2. The fourth-order valence-electron chi connectivity index (χ4n) is 1.26. The topological polar surface area (TPSA) is 93.5 Å². The number of carbonyl (C=O) groups excluding carboxylic acids is 2. The van der Waals surface area contributed by atoms with Crippen LogP contribution in [0.3, 0.4) is 0 Å². The molecule has 0 radical (unpaired) electrons. The molecule has 0 aliphatic heterocycles. The van der Waals surface area contributed by atoms with Crippen molar-refractivity contribution in [1.82, 2.24) is 0 Å². The van der Waals surface area contributed by atoms with E-state index >= 15 is 0 Å². The van der Waals surface area contributed by atoms with Gasteiger partial charge in [0, 0.05) is 11.4 Å². The van der Waals surface area contributed by atoms with Gasteiger partial charge in [-0.25, -0.2) is 4.79 Å². The third-order valence-corrected chi connectivity index (χ3v) is 2.34. The highest BCUT2D eigenvalue weighted by Crippen LogP contribution is 2.15. The van der Waals surface area contributed by atoms with Crippen LogP contribution in [0.4, 0.5) is 16.2 Å². The van der Waals surface area contributed by atoms with Crippen LogP contribution in [0.2, 0.25) is 0 Å². The first-order chi connectivity index (χ1) is 8.56. The Labute approximate surface area is 105 Å². The second-order valence-corrected chi connectivity index (χ2v) is 3.70. The molecule has 1 aromatic rings. The normalized spacial score (nSPS) is 11.5. The maximum atomic E-state index is 11.6. The predicted octanol–water partition coefficient (Wildman–Crippen LogP) is 1.54. The number of anilines is 2. The zero-order valence-corrected chi connectivity index (χ0v) is 10.4. The smallest absolute Gasteiger partial charge is 0.411 e. The van der Waals surface area contributed by atoms with E-state index < -0.39 is 12.1 Å². The standard InChI is InChI=1S/C12H17N3O3/c1-3-10(13)11(16)14-8-5-4-6-9(7-8)15-12(17)18-2/h4-7,10H,3,13H2,1-2H3,(H,14,16)(H,15,17)/t10-/m0/s1. The van der Waals surface area contributed by atoms with Crippen molar-refractivity contribution in [2.75, 3.05) is 17.7 Å². The summed E-state index contributed by atoms with van der Waals surface area (Å²) in [6, 6.07) is 6.19. The molecule has 18 heavy (non-hydrogen) atoms. The maximum Gasteiger partial charge on any atom is 0.411 e. The van der Waals surface area contributed by atoms with E-state index in [1.54, 1.807) is 24.3 Å². The van der Waals surface area contributed by atoms with Crippen molar-refractivity contribution in [3.63, 3.8) is 0 Å². The van der Waals surface area contributed by atoms with E-state index in [1.165, 1.54) is 7.11 Å². The van der Waals surface area contributed by atoms with Gasteiger partial charge in [0.25, 0.3) is 0 Å².